The fourth-order valence-corrected chi connectivity index (χ4v) is 6.23. The number of amides is 1. The number of nitrogen functional groups attached to an aromatic ring is 1. The molecule has 1 saturated heterocycles. The van der Waals surface area contributed by atoms with Gasteiger partial charge in [0, 0.05) is 30.8 Å². The van der Waals surface area contributed by atoms with Crippen molar-refractivity contribution in [3.8, 4) is 10.7 Å². The Morgan fingerprint density at radius 3 is 2.94 bits per heavy atom. The Bertz CT molecular complexity index is 1070. The van der Waals surface area contributed by atoms with Crippen molar-refractivity contribution in [1.82, 2.24) is 25.1 Å². The van der Waals surface area contributed by atoms with Crippen LogP contribution in [0, 0.1) is 0 Å². The highest BCUT2D eigenvalue weighted by Gasteiger charge is 2.28. The Labute approximate surface area is 189 Å². The van der Waals surface area contributed by atoms with Crippen LogP contribution in [-0.2, 0) is 9.53 Å². The van der Waals surface area contributed by atoms with Crippen molar-refractivity contribution < 1.29 is 9.53 Å². The van der Waals surface area contributed by atoms with Gasteiger partial charge in [0.1, 0.15) is 4.83 Å². The lowest BCUT2D eigenvalue weighted by Gasteiger charge is -2.16. The average Bonchev–Trinajstić information content (AvgIpc) is 3.58. The van der Waals surface area contributed by atoms with Gasteiger partial charge in [-0.05, 0) is 37.8 Å². The van der Waals surface area contributed by atoms with Crippen LogP contribution < -0.4 is 11.1 Å². The van der Waals surface area contributed by atoms with E-state index in [9.17, 15) is 4.79 Å². The van der Waals surface area contributed by atoms with Crippen LogP contribution in [0.3, 0.4) is 0 Å². The maximum Gasteiger partial charge on any atom is 0.230 e. The second kappa shape index (κ2) is 9.13. The Morgan fingerprint density at radius 2 is 2.16 bits per heavy atom. The lowest BCUT2D eigenvalue weighted by atomic mass is 10.2. The molecular weight excluding hydrogens is 432 g/mol. The lowest BCUT2D eigenvalue weighted by Crippen LogP contribution is -2.33. The number of carbonyl (C=O) groups excluding carboxylic acids is 1. The molecule has 3 aromatic heterocycles. The summed E-state index contributed by atoms with van der Waals surface area (Å²) in [5.41, 5.74) is 7.18. The molecule has 1 unspecified atom stereocenters. The first kappa shape index (κ1) is 20.7. The van der Waals surface area contributed by atoms with Crippen molar-refractivity contribution in [3.63, 3.8) is 0 Å². The molecule has 2 fully saturated rings. The van der Waals surface area contributed by atoms with Gasteiger partial charge in [-0.25, -0.2) is 4.98 Å². The molecule has 1 saturated carbocycles. The van der Waals surface area contributed by atoms with Crippen molar-refractivity contribution >= 4 is 44.9 Å². The molecule has 0 bridgehead atoms. The highest BCUT2D eigenvalue weighted by atomic mass is 32.2. The minimum Gasteiger partial charge on any atom is -0.397 e. The van der Waals surface area contributed by atoms with E-state index < -0.39 is 0 Å². The SMILES string of the molecule is Nc1c(-c2nnc(SCC(=O)NCC3CCCO3)n2C2CCCC2)sc2ncccc12. The second-order valence-corrected chi connectivity index (χ2v) is 9.98. The second-order valence-electron chi connectivity index (χ2n) is 8.04. The van der Waals surface area contributed by atoms with Crippen LogP contribution >= 0.6 is 23.1 Å². The quantitative estimate of drug-likeness (QED) is 0.520. The zero-order valence-electron chi connectivity index (χ0n) is 17.2. The maximum absolute atomic E-state index is 12.4. The van der Waals surface area contributed by atoms with Gasteiger partial charge in [-0.15, -0.1) is 21.5 Å². The van der Waals surface area contributed by atoms with Gasteiger partial charge in [0.15, 0.2) is 11.0 Å². The first-order chi connectivity index (χ1) is 15.2. The highest BCUT2D eigenvalue weighted by molar-refractivity contribution is 7.99. The minimum absolute atomic E-state index is 0.00593. The third kappa shape index (κ3) is 4.28. The summed E-state index contributed by atoms with van der Waals surface area (Å²) in [7, 11) is 0. The van der Waals surface area contributed by atoms with E-state index in [0.29, 0.717) is 24.0 Å². The summed E-state index contributed by atoms with van der Waals surface area (Å²) in [5.74, 6) is 1.09. The smallest absolute Gasteiger partial charge is 0.230 e. The first-order valence-corrected chi connectivity index (χ1v) is 12.6. The summed E-state index contributed by atoms with van der Waals surface area (Å²) < 4.78 is 7.78. The molecule has 0 aromatic carbocycles. The maximum atomic E-state index is 12.4. The van der Waals surface area contributed by atoms with E-state index in [0.717, 1.165) is 58.4 Å². The molecule has 2 aliphatic rings. The van der Waals surface area contributed by atoms with Gasteiger partial charge in [-0.1, -0.05) is 24.6 Å². The molecule has 0 radical (unpaired) electrons. The standard InChI is InChI=1S/C21H26N6O2S2/c22-17-15-8-3-9-23-20(15)31-18(17)19-25-26-21(27(19)13-5-1-2-6-13)30-12-16(28)24-11-14-7-4-10-29-14/h3,8-9,13-14H,1-2,4-7,10-12,22H2,(H,24,28). The van der Waals surface area contributed by atoms with Gasteiger partial charge in [0.2, 0.25) is 5.91 Å². The van der Waals surface area contributed by atoms with E-state index in [2.05, 4.69) is 25.1 Å². The van der Waals surface area contributed by atoms with Crippen molar-refractivity contribution in [2.75, 3.05) is 24.6 Å². The van der Waals surface area contributed by atoms with Gasteiger partial charge >= 0.3 is 0 Å². The molecule has 3 N–H and O–H groups in total. The average molecular weight is 459 g/mol. The van der Waals surface area contributed by atoms with Gasteiger partial charge < -0.3 is 15.8 Å². The van der Waals surface area contributed by atoms with Gasteiger partial charge in [0.25, 0.3) is 0 Å². The van der Waals surface area contributed by atoms with Crippen LogP contribution in [0.4, 0.5) is 5.69 Å². The molecule has 5 rings (SSSR count). The molecule has 3 aromatic rings. The first-order valence-electron chi connectivity index (χ1n) is 10.8. The van der Waals surface area contributed by atoms with E-state index in [1.165, 1.54) is 24.6 Å². The Balaban J connectivity index is 1.37. The highest BCUT2D eigenvalue weighted by Crippen LogP contribution is 2.43. The van der Waals surface area contributed by atoms with Gasteiger partial charge in [0.05, 0.1) is 22.4 Å². The van der Waals surface area contributed by atoms with Crippen LogP contribution in [0.25, 0.3) is 20.9 Å². The Morgan fingerprint density at radius 1 is 1.29 bits per heavy atom. The number of hydrogen-bond acceptors (Lipinski definition) is 8. The number of thioether (sulfide) groups is 1. The largest absolute Gasteiger partial charge is 0.397 e. The molecular formula is C21H26N6O2S2. The third-order valence-corrected chi connectivity index (χ3v) is 8.01. The number of nitrogens with zero attached hydrogens (tertiary/aromatic N) is 4. The van der Waals surface area contributed by atoms with Crippen molar-refractivity contribution in [2.24, 2.45) is 0 Å². The van der Waals surface area contributed by atoms with E-state index in [1.54, 1.807) is 17.5 Å². The Hall–Kier alpha value is -2.17. The molecule has 1 amide bonds. The molecule has 4 heterocycles. The van der Waals surface area contributed by atoms with Gasteiger partial charge in [-0.2, -0.15) is 0 Å². The third-order valence-electron chi connectivity index (χ3n) is 5.95. The summed E-state index contributed by atoms with van der Waals surface area (Å²) in [6, 6.07) is 4.22. The normalized spacial score (nSPS) is 19.4. The van der Waals surface area contributed by atoms with E-state index in [-0.39, 0.29) is 12.0 Å². The molecule has 10 heteroatoms. The zero-order chi connectivity index (χ0) is 21.2. The van der Waals surface area contributed by atoms with Crippen molar-refractivity contribution in [2.45, 2.75) is 55.8 Å². The van der Waals surface area contributed by atoms with Crippen molar-refractivity contribution in [3.05, 3.63) is 18.3 Å². The fraction of sp³-hybridized carbons (Fsp3) is 0.524. The number of ether oxygens (including phenoxy) is 1. The number of fused-ring (bicyclic) bond motifs is 1. The van der Waals surface area contributed by atoms with E-state index in [1.807, 2.05) is 12.1 Å². The van der Waals surface area contributed by atoms with E-state index >= 15 is 0 Å². The predicted octanol–water partition coefficient (Wildman–Crippen LogP) is 3.64. The molecule has 31 heavy (non-hydrogen) atoms. The molecule has 1 atom stereocenters. The number of thiophene rings is 1. The van der Waals surface area contributed by atoms with Gasteiger partial charge in [-0.3, -0.25) is 9.36 Å². The Kier molecular flexibility index (Phi) is 6.10. The monoisotopic (exact) mass is 458 g/mol. The number of pyridine rings is 1. The topological polar surface area (TPSA) is 108 Å². The summed E-state index contributed by atoms with van der Waals surface area (Å²) in [6.45, 7) is 1.37. The lowest BCUT2D eigenvalue weighted by molar-refractivity contribution is -0.119. The molecule has 1 aliphatic heterocycles. The number of nitrogens with one attached hydrogen (secondary N) is 1. The van der Waals surface area contributed by atoms with Crippen LogP contribution in [0.15, 0.2) is 23.5 Å². The van der Waals surface area contributed by atoms with E-state index in [4.69, 9.17) is 10.5 Å². The molecule has 0 spiro atoms. The number of aromatic nitrogens is 4. The molecule has 8 nitrogen and oxygen atoms in total. The summed E-state index contributed by atoms with van der Waals surface area (Å²) in [4.78, 5) is 18.6. The number of nitrogens with two attached hydrogens (primary N) is 1. The molecule has 164 valence electrons. The van der Waals surface area contributed by atoms with Crippen LogP contribution in [0.1, 0.15) is 44.6 Å². The summed E-state index contributed by atoms with van der Waals surface area (Å²) in [6.07, 6.45) is 8.57. The van der Waals surface area contributed by atoms with Crippen LogP contribution in [0.2, 0.25) is 0 Å². The zero-order valence-corrected chi connectivity index (χ0v) is 18.9. The predicted molar refractivity (Wildman–Crippen MR) is 123 cm³/mol. The summed E-state index contributed by atoms with van der Waals surface area (Å²) >= 11 is 2.99. The fourth-order valence-electron chi connectivity index (χ4n) is 4.35. The minimum atomic E-state index is -0.00593. The number of rotatable bonds is 7. The van der Waals surface area contributed by atoms with Crippen LogP contribution in [0.5, 0.6) is 0 Å². The molecule has 1 aliphatic carbocycles. The number of anilines is 1. The van der Waals surface area contributed by atoms with Crippen molar-refractivity contribution in [1.29, 1.82) is 0 Å². The summed E-state index contributed by atoms with van der Waals surface area (Å²) in [5, 5.41) is 13.7. The number of carbonyl (C=O) groups is 1. The number of hydrogen-bond donors (Lipinski definition) is 2. The van der Waals surface area contributed by atoms with Crippen LogP contribution in [-0.4, -0.2) is 50.7 Å².